The summed E-state index contributed by atoms with van der Waals surface area (Å²) < 4.78 is 11.4. The fraction of sp³-hybridized carbons (Fsp3) is 0.778. The number of esters is 1. The van der Waals surface area contributed by atoms with Gasteiger partial charge in [-0.2, -0.15) is 0 Å². The first-order chi connectivity index (χ1) is 15.4. The molecule has 0 saturated carbocycles. The molecule has 6 heteroatoms. The second-order valence-electron chi connectivity index (χ2n) is 10.9. The largest absolute Gasteiger partial charge is 0.469 e. The highest BCUT2D eigenvalue weighted by Crippen LogP contribution is 2.38. The molecule has 0 fully saturated rings. The second-order valence-corrected chi connectivity index (χ2v) is 15.7. The molecule has 0 aliphatic heterocycles. The van der Waals surface area contributed by atoms with Crippen LogP contribution in [0.3, 0.4) is 0 Å². The third-order valence-electron chi connectivity index (χ3n) is 7.14. The minimum absolute atomic E-state index is 0.000409. The van der Waals surface area contributed by atoms with Crippen LogP contribution >= 0.6 is 0 Å². The third-order valence-corrected chi connectivity index (χ3v) is 11.6. The number of allylic oxidation sites excluding steroid dienone is 3. The van der Waals surface area contributed by atoms with Gasteiger partial charge in [0.1, 0.15) is 0 Å². The van der Waals surface area contributed by atoms with Gasteiger partial charge in [0.2, 0.25) is 0 Å². The number of methoxy groups -OCH3 is 1. The Kier molecular flexibility index (Phi) is 12.8. The fourth-order valence-electron chi connectivity index (χ4n) is 3.94. The first-order valence-electron chi connectivity index (χ1n) is 12.8. The number of ether oxygens (including phenoxy) is 1. The fourth-order valence-corrected chi connectivity index (χ4v) is 5.24. The van der Waals surface area contributed by atoms with Gasteiger partial charge in [0.05, 0.1) is 25.2 Å². The molecule has 1 rings (SSSR count). The van der Waals surface area contributed by atoms with E-state index in [9.17, 15) is 14.7 Å². The van der Waals surface area contributed by atoms with Gasteiger partial charge in [0, 0.05) is 12.3 Å². The van der Waals surface area contributed by atoms with Crippen LogP contribution in [0.1, 0.15) is 85.5 Å². The summed E-state index contributed by atoms with van der Waals surface area (Å²) in [7, 11) is -0.519. The minimum Gasteiger partial charge on any atom is -0.469 e. The molecular weight excluding hydrogens is 432 g/mol. The normalized spacial score (nSPS) is 21.0. The van der Waals surface area contributed by atoms with Gasteiger partial charge in [-0.05, 0) is 43.5 Å². The molecule has 1 aliphatic rings. The van der Waals surface area contributed by atoms with Crippen molar-refractivity contribution in [3.63, 3.8) is 0 Å². The lowest BCUT2D eigenvalue weighted by Crippen LogP contribution is -2.43. The summed E-state index contributed by atoms with van der Waals surface area (Å²) in [5.74, 6) is -0.728. The molecule has 1 N–H and O–H groups in total. The smallest absolute Gasteiger partial charge is 0.305 e. The lowest BCUT2D eigenvalue weighted by atomic mass is 9.86. The van der Waals surface area contributed by atoms with Crippen LogP contribution < -0.4 is 0 Å². The predicted molar refractivity (Wildman–Crippen MR) is 138 cm³/mol. The maximum Gasteiger partial charge on any atom is 0.305 e. The molecule has 0 saturated heterocycles. The van der Waals surface area contributed by atoms with Crippen molar-refractivity contribution in [1.29, 1.82) is 0 Å². The summed E-state index contributed by atoms with van der Waals surface area (Å²) >= 11 is 0. The van der Waals surface area contributed by atoms with Crippen molar-refractivity contribution >= 4 is 20.1 Å². The quantitative estimate of drug-likeness (QED) is 0.128. The average molecular weight is 481 g/mol. The molecule has 4 atom stereocenters. The highest BCUT2D eigenvalue weighted by Gasteiger charge is 2.39. The number of rotatable bonds is 15. The van der Waals surface area contributed by atoms with Crippen LogP contribution in [0, 0.1) is 11.8 Å². The number of ketones is 1. The van der Waals surface area contributed by atoms with Gasteiger partial charge in [-0.15, -0.1) is 0 Å². The molecule has 0 bridgehead atoms. The Hall–Kier alpha value is -1.24. The highest BCUT2D eigenvalue weighted by molar-refractivity contribution is 6.74. The van der Waals surface area contributed by atoms with Crippen molar-refractivity contribution in [1.82, 2.24) is 0 Å². The summed E-state index contributed by atoms with van der Waals surface area (Å²) in [6.07, 6.45) is 14.9. The van der Waals surface area contributed by atoms with Gasteiger partial charge in [-0.25, -0.2) is 0 Å². The van der Waals surface area contributed by atoms with Crippen molar-refractivity contribution in [2.75, 3.05) is 7.11 Å². The van der Waals surface area contributed by atoms with Crippen LogP contribution in [0.5, 0.6) is 0 Å². The average Bonchev–Trinajstić information content (AvgIpc) is 3.10. The molecule has 0 heterocycles. The maximum atomic E-state index is 12.5. The van der Waals surface area contributed by atoms with E-state index in [1.807, 2.05) is 6.08 Å². The van der Waals surface area contributed by atoms with Gasteiger partial charge in [0.15, 0.2) is 14.1 Å². The predicted octanol–water partition coefficient (Wildman–Crippen LogP) is 6.37. The van der Waals surface area contributed by atoms with E-state index in [1.165, 1.54) is 20.0 Å². The molecular formula is C27H48O5Si. The number of hydrogen-bond acceptors (Lipinski definition) is 5. The number of unbranched alkanes of at least 4 members (excludes halogenated alkanes) is 4. The summed E-state index contributed by atoms with van der Waals surface area (Å²) in [6.45, 7) is 13.5. The van der Waals surface area contributed by atoms with Crippen LogP contribution in [-0.2, 0) is 18.8 Å². The zero-order chi connectivity index (χ0) is 25.1. The molecule has 190 valence electrons. The molecule has 0 unspecified atom stereocenters. The zero-order valence-electron chi connectivity index (χ0n) is 22.1. The minimum atomic E-state index is -1.91. The standard InChI is InChI=1S/C27H48O5Si/c1-8-9-11-14-22(32-33(6,7)27(2,3)4)19-17-21-18-20-24(29)26(21)23(28)15-12-10-13-16-25(30)31-5/h17-23,26,28H,8-16H2,1-7H3/t21-,22-,23+,26-/m0/s1. The van der Waals surface area contributed by atoms with Crippen molar-refractivity contribution in [2.45, 2.75) is 116 Å². The Balaban J connectivity index is 2.75. The summed E-state index contributed by atoms with van der Waals surface area (Å²) in [5, 5.41) is 10.9. The maximum absolute atomic E-state index is 12.5. The number of carbonyl (C=O) groups excluding carboxylic acids is 2. The lowest BCUT2D eigenvalue weighted by molar-refractivity contribution is -0.140. The van der Waals surface area contributed by atoms with Gasteiger partial charge < -0.3 is 14.3 Å². The van der Waals surface area contributed by atoms with Crippen LogP contribution in [0.15, 0.2) is 24.3 Å². The van der Waals surface area contributed by atoms with Crippen LogP contribution in [0.25, 0.3) is 0 Å². The highest BCUT2D eigenvalue weighted by atomic mass is 28.4. The van der Waals surface area contributed by atoms with Gasteiger partial charge >= 0.3 is 5.97 Å². The number of carbonyl (C=O) groups is 2. The number of hydrogen-bond donors (Lipinski definition) is 1. The third kappa shape index (κ3) is 10.3. The molecule has 1 aliphatic carbocycles. The van der Waals surface area contributed by atoms with E-state index >= 15 is 0 Å². The molecule has 5 nitrogen and oxygen atoms in total. The van der Waals surface area contributed by atoms with E-state index in [1.54, 1.807) is 6.08 Å². The molecule has 0 aromatic carbocycles. The molecule has 0 aromatic heterocycles. The first kappa shape index (κ1) is 29.8. The van der Waals surface area contributed by atoms with E-state index in [4.69, 9.17) is 4.43 Å². The van der Waals surface area contributed by atoms with Crippen LogP contribution in [0.4, 0.5) is 0 Å². The second kappa shape index (κ2) is 14.2. The molecule has 0 radical (unpaired) electrons. The topological polar surface area (TPSA) is 72.8 Å². The van der Waals surface area contributed by atoms with E-state index in [0.717, 1.165) is 32.1 Å². The van der Waals surface area contributed by atoms with Crippen molar-refractivity contribution in [3.8, 4) is 0 Å². The van der Waals surface area contributed by atoms with Crippen molar-refractivity contribution < 1.29 is 23.9 Å². The molecule has 33 heavy (non-hydrogen) atoms. The Labute approximate surface area is 203 Å². The number of aliphatic hydroxyl groups is 1. The van der Waals surface area contributed by atoms with E-state index in [2.05, 4.69) is 57.7 Å². The first-order valence-corrected chi connectivity index (χ1v) is 15.7. The van der Waals surface area contributed by atoms with Crippen molar-refractivity contribution in [2.24, 2.45) is 11.8 Å². The van der Waals surface area contributed by atoms with Crippen molar-refractivity contribution in [3.05, 3.63) is 24.3 Å². The zero-order valence-corrected chi connectivity index (χ0v) is 23.1. The summed E-state index contributed by atoms with van der Waals surface area (Å²) in [4.78, 5) is 23.7. The van der Waals surface area contributed by atoms with E-state index < -0.39 is 20.3 Å². The molecule has 0 aromatic rings. The van der Waals surface area contributed by atoms with Gasteiger partial charge in [0.25, 0.3) is 0 Å². The Morgan fingerprint density at radius 1 is 1.15 bits per heavy atom. The SMILES string of the molecule is CCCCC[C@@H](C=C[C@H]1C=CC(=O)[C@@H]1[C@H](O)CCCCCC(=O)OC)O[Si](C)(C)C(C)(C)C. The number of aliphatic hydroxyl groups excluding tert-OH is 1. The van der Waals surface area contributed by atoms with Gasteiger partial charge in [-0.1, -0.05) is 78.0 Å². The van der Waals surface area contributed by atoms with E-state index in [0.29, 0.717) is 12.8 Å². The Morgan fingerprint density at radius 2 is 1.82 bits per heavy atom. The van der Waals surface area contributed by atoms with Gasteiger partial charge in [-0.3, -0.25) is 9.59 Å². The Morgan fingerprint density at radius 3 is 2.42 bits per heavy atom. The van der Waals surface area contributed by atoms with Crippen LogP contribution in [-0.4, -0.2) is 44.5 Å². The summed E-state index contributed by atoms with van der Waals surface area (Å²) in [6, 6.07) is 0. The monoisotopic (exact) mass is 480 g/mol. The Bertz CT molecular complexity index is 662. The molecule has 0 amide bonds. The lowest BCUT2D eigenvalue weighted by Gasteiger charge is -2.38. The summed E-state index contributed by atoms with van der Waals surface area (Å²) in [5.41, 5.74) is 0. The molecule has 0 spiro atoms. The van der Waals surface area contributed by atoms with E-state index in [-0.39, 0.29) is 28.8 Å². The van der Waals surface area contributed by atoms with Crippen LogP contribution in [0.2, 0.25) is 18.1 Å².